The number of hydrogen-bond acceptors (Lipinski definition) is 5. The summed E-state index contributed by atoms with van der Waals surface area (Å²) in [6.07, 6.45) is 3.21. The minimum Gasteiger partial charge on any atom is -0.492 e. The van der Waals surface area contributed by atoms with Crippen LogP contribution in [0.4, 0.5) is 0 Å². The third-order valence-corrected chi connectivity index (χ3v) is 5.67. The number of aliphatic hydroxyl groups excluding tert-OH is 1. The first kappa shape index (κ1) is 19.2. The Bertz CT molecular complexity index is 589. The molecule has 1 aliphatic rings. The highest BCUT2D eigenvalue weighted by atomic mass is 32.2. The predicted molar refractivity (Wildman–Crippen MR) is 94.8 cm³/mol. The molecule has 0 radical (unpaired) electrons. The van der Waals surface area contributed by atoms with Crippen molar-refractivity contribution < 1.29 is 18.3 Å². The predicted octanol–water partition coefficient (Wildman–Crippen LogP) is 1.14. The Morgan fingerprint density at radius 2 is 2.04 bits per heavy atom. The van der Waals surface area contributed by atoms with Gasteiger partial charge in [-0.05, 0) is 38.4 Å². The van der Waals surface area contributed by atoms with Gasteiger partial charge in [-0.2, -0.15) is 0 Å². The van der Waals surface area contributed by atoms with Crippen LogP contribution in [0.3, 0.4) is 0 Å². The number of rotatable bonds is 9. The summed E-state index contributed by atoms with van der Waals surface area (Å²) >= 11 is 0. The second-order valence-corrected chi connectivity index (χ2v) is 8.17. The van der Waals surface area contributed by atoms with Crippen molar-refractivity contribution in [3.8, 4) is 5.75 Å². The second kappa shape index (κ2) is 9.36. The zero-order chi connectivity index (χ0) is 17.4. The van der Waals surface area contributed by atoms with Crippen molar-refractivity contribution in [3.63, 3.8) is 0 Å². The zero-order valence-corrected chi connectivity index (χ0v) is 15.1. The topological polar surface area (TPSA) is 78.9 Å². The molecule has 0 unspecified atom stereocenters. The number of hydrogen-bond donors (Lipinski definition) is 2. The monoisotopic (exact) mass is 356 g/mol. The van der Waals surface area contributed by atoms with Crippen LogP contribution in [0.15, 0.2) is 24.3 Å². The van der Waals surface area contributed by atoms with E-state index in [1.54, 1.807) is 0 Å². The van der Waals surface area contributed by atoms with Gasteiger partial charge in [-0.1, -0.05) is 24.1 Å². The van der Waals surface area contributed by atoms with Gasteiger partial charge in [-0.25, -0.2) is 13.1 Å². The number of nitrogens with one attached hydrogen (secondary N) is 1. The van der Waals surface area contributed by atoms with Gasteiger partial charge in [0.25, 0.3) is 0 Å². The van der Waals surface area contributed by atoms with Gasteiger partial charge in [0.2, 0.25) is 10.0 Å². The Balaban J connectivity index is 1.68. The standard InChI is InChI=1S/C17H28N2O4S/c1-15-5-7-17(8-6-15)23-12-13-24(21,22)18-9-11-19-10-3-2-4-16(19)14-20/h5-8,16,18,20H,2-4,9-14H2,1H3/t16-/m1/s1. The molecule has 0 spiro atoms. The lowest BCUT2D eigenvalue weighted by Crippen LogP contribution is -2.45. The van der Waals surface area contributed by atoms with Gasteiger partial charge in [0.1, 0.15) is 12.4 Å². The van der Waals surface area contributed by atoms with Crippen molar-refractivity contribution >= 4 is 10.0 Å². The molecule has 0 amide bonds. The molecule has 1 fully saturated rings. The highest BCUT2D eigenvalue weighted by Gasteiger charge is 2.21. The summed E-state index contributed by atoms with van der Waals surface area (Å²) in [6, 6.07) is 7.69. The Morgan fingerprint density at radius 3 is 2.75 bits per heavy atom. The average Bonchev–Trinajstić information content (AvgIpc) is 2.57. The number of likely N-dealkylation sites (tertiary alicyclic amines) is 1. The lowest BCUT2D eigenvalue weighted by molar-refractivity contribution is 0.0923. The van der Waals surface area contributed by atoms with Gasteiger partial charge < -0.3 is 9.84 Å². The highest BCUT2D eigenvalue weighted by Crippen LogP contribution is 2.15. The van der Waals surface area contributed by atoms with Crippen LogP contribution in [0.25, 0.3) is 0 Å². The maximum absolute atomic E-state index is 12.0. The van der Waals surface area contributed by atoms with Crippen LogP contribution in [-0.2, 0) is 10.0 Å². The smallest absolute Gasteiger partial charge is 0.214 e. The third kappa shape index (κ3) is 6.39. The summed E-state index contributed by atoms with van der Waals surface area (Å²) < 4.78 is 32.1. The van der Waals surface area contributed by atoms with Gasteiger partial charge in [-0.15, -0.1) is 0 Å². The summed E-state index contributed by atoms with van der Waals surface area (Å²) in [4.78, 5) is 2.16. The molecule has 1 aromatic rings. The number of aliphatic hydroxyl groups is 1. The molecule has 1 heterocycles. The second-order valence-electron chi connectivity index (χ2n) is 6.24. The van der Waals surface area contributed by atoms with Crippen molar-refractivity contribution in [1.29, 1.82) is 0 Å². The summed E-state index contributed by atoms with van der Waals surface area (Å²) in [5.74, 6) is 0.611. The van der Waals surface area contributed by atoms with Crippen molar-refractivity contribution in [2.45, 2.75) is 32.2 Å². The lowest BCUT2D eigenvalue weighted by atomic mass is 10.0. The van der Waals surface area contributed by atoms with Gasteiger partial charge in [0.05, 0.1) is 12.4 Å². The molecule has 1 saturated heterocycles. The number of benzene rings is 1. The van der Waals surface area contributed by atoms with Crippen molar-refractivity contribution in [2.75, 3.05) is 38.6 Å². The van der Waals surface area contributed by atoms with Crippen LogP contribution >= 0.6 is 0 Å². The van der Waals surface area contributed by atoms with E-state index >= 15 is 0 Å². The maximum Gasteiger partial charge on any atom is 0.214 e. The summed E-state index contributed by atoms with van der Waals surface area (Å²) in [6.45, 7) is 4.16. The normalized spacial score (nSPS) is 19.3. The van der Waals surface area contributed by atoms with Crippen molar-refractivity contribution in [3.05, 3.63) is 29.8 Å². The SMILES string of the molecule is Cc1ccc(OCCS(=O)(=O)NCCN2CCCC[C@@H]2CO)cc1. The first-order chi connectivity index (χ1) is 11.5. The summed E-state index contributed by atoms with van der Waals surface area (Å²) in [7, 11) is -3.35. The van der Waals surface area contributed by atoms with Crippen LogP contribution in [0.5, 0.6) is 5.75 Å². The summed E-state index contributed by atoms with van der Waals surface area (Å²) in [5, 5.41) is 9.37. The van der Waals surface area contributed by atoms with E-state index in [1.807, 2.05) is 31.2 Å². The van der Waals surface area contributed by atoms with E-state index in [2.05, 4.69) is 9.62 Å². The van der Waals surface area contributed by atoms with Gasteiger partial charge >= 0.3 is 0 Å². The molecule has 7 heteroatoms. The van der Waals surface area contributed by atoms with Crippen molar-refractivity contribution in [1.82, 2.24) is 9.62 Å². The quantitative estimate of drug-likeness (QED) is 0.694. The lowest BCUT2D eigenvalue weighted by Gasteiger charge is -2.34. The molecule has 1 atom stereocenters. The molecule has 0 aromatic heterocycles. The maximum atomic E-state index is 12.0. The van der Waals surface area contributed by atoms with Crippen LogP contribution in [-0.4, -0.2) is 63.1 Å². The molecular formula is C17H28N2O4S. The van der Waals surface area contributed by atoms with E-state index in [0.29, 0.717) is 18.8 Å². The van der Waals surface area contributed by atoms with Crippen LogP contribution < -0.4 is 9.46 Å². The minimum atomic E-state index is -3.35. The molecule has 2 N–H and O–H groups in total. The number of aryl methyl sites for hydroxylation is 1. The molecule has 0 bridgehead atoms. The fraction of sp³-hybridized carbons (Fsp3) is 0.647. The fourth-order valence-electron chi connectivity index (χ4n) is 2.88. The van der Waals surface area contributed by atoms with E-state index in [1.165, 1.54) is 0 Å². The highest BCUT2D eigenvalue weighted by molar-refractivity contribution is 7.89. The van der Waals surface area contributed by atoms with Gasteiger partial charge in [0.15, 0.2) is 0 Å². The van der Waals surface area contributed by atoms with Gasteiger partial charge in [-0.3, -0.25) is 4.90 Å². The number of ether oxygens (including phenoxy) is 1. The zero-order valence-electron chi connectivity index (χ0n) is 14.3. The van der Waals surface area contributed by atoms with Crippen LogP contribution in [0.1, 0.15) is 24.8 Å². The Kier molecular flexibility index (Phi) is 7.48. The molecule has 24 heavy (non-hydrogen) atoms. The first-order valence-corrected chi connectivity index (χ1v) is 10.2. The molecular weight excluding hydrogens is 328 g/mol. The Hall–Kier alpha value is -1.15. The molecule has 136 valence electrons. The molecule has 1 aliphatic heterocycles. The number of sulfonamides is 1. The Morgan fingerprint density at radius 1 is 1.29 bits per heavy atom. The molecule has 1 aromatic carbocycles. The van der Waals surface area contributed by atoms with E-state index in [-0.39, 0.29) is 25.0 Å². The molecule has 0 saturated carbocycles. The summed E-state index contributed by atoms with van der Waals surface area (Å²) in [5.41, 5.74) is 1.13. The van der Waals surface area contributed by atoms with E-state index in [0.717, 1.165) is 31.4 Å². The van der Waals surface area contributed by atoms with Crippen molar-refractivity contribution in [2.24, 2.45) is 0 Å². The van der Waals surface area contributed by atoms with Gasteiger partial charge in [0, 0.05) is 19.1 Å². The fourth-order valence-corrected chi connectivity index (χ4v) is 3.73. The minimum absolute atomic E-state index is 0.0652. The average molecular weight is 356 g/mol. The molecule has 0 aliphatic carbocycles. The van der Waals surface area contributed by atoms with E-state index in [9.17, 15) is 13.5 Å². The Labute approximate surface area is 144 Å². The van der Waals surface area contributed by atoms with E-state index in [4.69, 9.17) is 4.74 Å². The first-order valence-electron chi connectivity index (χ1n) is 8.52. The largest absolute Gasteiger partial charge is 0.492 e. The molecule has 2 rings (SSSR count). The van der Waals surface area contributed by atoms with Crippen LogP contribution in [0, 0.1) is 6.92 Å². The third-order valence-electron chi connectivity index (χ3n) is 4.32. The van der Waals surface area contributed by atoms with Crippen LogP contribution in [0.2, 0.25) is 0 Å². The molecule has 6 nitrogen and oxygen atoms in total. The number of nitrogens with zero attached hydrogens (tertiary/aromatic N) is 1. The number of piperidine rings is 1. The van der Waals surface area contributed by atoms with E-state index < -0.39 is 10.0 Å².